The maximum absolute atomic E-state index is 13.1. The van der Waals surface area contributed by atoms with E-state index in [4.69, 9.17) is 0 Å². The Bertz CT molecular complexity index is 618. The van der Waals surface area contributed by atoms with Gasteiger partial charge in [0.05, 0.1) is 5.41 Å². The molecule has 0 N–H and O–H groups in total. The summed E-state index contributed by atoms with van der Waals surface area (Å²) in [5.41, 5.74) is 0.740. The van der Waals surface area contributed by atoms with Crippen LogP contribution in [0, 0.1) is 23.2 Å². The molecule has 1 aromatic carbocycles. The molecule has 2 nitrogen and oxygen atoms in total. The molecule has 3 aliphatic carbocycles. The Kier molecular flexibility index (Phi) is 2.81. The van der Waals surface area contributed by atoms with Gasteiger partial charge < -0.3 is 4.90 Å². The second-order valence-electron chi connectivity index (χ2n) is 6.70. The molecule has 0 unspecified atom stereocenters. The van der Waals surface area contributed by atoms with Crippen LogP contribution in [0.3, 0.4) is 0 Å². The molecule has 4 aliphatic rings. The first-order chi connectivity index (χ1) is 10.2. The van der Waals surface area contributed by atoms with E-state index < -0.39 is 0 Å². The molecule has 1 saturated heterocycles. The van der Waals surface area contributed by atoms with Crippen molar-refractivity contribution in [3.05, 3.63) is 54.6 Å². The number of anilines is 1. The highest BCUT2D eigenvalue weighted by Gasteiger charge is 2.53. The molecule has 1 fully saturated rings. The van der Waals surface area contributed by atoms with Crippen LogP contribution in [0.4, 0.5) is 5.69 Å². The van der Waals surface area contributed by atoms with Crippen LogP contribution in [-0.2, 0) is 4.79 Å². The minimum absolute atomic E-state index is 0.285. The molecule has 4 atom stereocenters. The first-order valence-corrected chi connectivity index (χ1v) is 7.95. The lowest BCUT2D eigenvalue weighted by Gasteiger charge is -2.37. The first kappa shape index (κ1) is 12.9. The first-order valence-electron chi connectivity index (χ1n) is 7.95. The lowest BCUT2D eigenvalue weighted by Crippen LogP contribution is -2.38. The number of fused-ring (bicyclic) bond motifs is 2. The number of allylic oxidation sites excluding steroid dienone is 2. The molecule has 0 saturated carbocycles. The van der Waals surface area contributed by atoms with Crippen molar-refractivity contribution in [1.82, 2.24) is 0 Å². The number of carbonyl (C=O) groups is 1. The fourth-order valence-electron chi connectivity index (χ4n) is 4.17. The van der Waals surface area contributed by atoms with Crippen molar-refractivity contribution in [2.75, 3.05) is 11.4 Å². The second kappa shape index (κ2) is 4.59. The zero-order valence-electron chi connectivity index (χ0n) is 12.4. The predicted molar refractivity (Wildman–Crippen MR) is 84.9 cm³/mol. The highest BCUT2D eigenvalue weighted by molar-refractivity contribution is 6.02. The van der Waals surface area contributed by atoms with Crippen LogP contribution in [0.25, 0.3) is 0 Å². The second-order valence-corrected chi connectivity index (χ2v) is 6.70. The van der Waals surface area contributed by atoms with E-state index in [0.29, 0.717) is 17.8 Å². The van der Waals surface area contributed by atoms with Crippen molar-refractivity contribution < 1.29 is 4.79 Å². The fourth-order valence-corrected chi connectivity index (χ4v) is 4.17. The van der Waals surface area contributed by atoms with Crippen LogP contribution < -0.4 is 4.90 Å². The molecule has 0 aromatic heterocycles. The van der Waals surface area contributed by atoms with E-state index in [-0.39, 0.29) is 11.3 Å². The topological polar surface area (TPSA) is 20.3 Å². The number of carbonyl (C=O) groups excluding carboxylic acids is 1. The summed E-state index contributed by atoms with van der Waals surface area (Å²) >= 11 is 0. The van der Waals surface area contributed by atoms with E-state index in [1.54, 1.807) is 0 Å². The number of para-hydroxylation sites is 1. The number of hydrogen-bond donors (Lipinski definition) is 0. The number of nitrogens with zero attached hydrogens (tertiary/aromatic N) is 1. The monoisotopic (exact) mass is 279 g/mol. The predicted octanol–water partition coefficient (Wildman–Crippen LogP) is 3.81. The Morgan fingerprint density at radius 1 is 1.14 bits per heavy atom. The zero-order valence-corrected chi connectivity index (χ0v) is 12.4. The van der Waals surface area contributed by atoms with E-state index in [1.807, 2.05) is 35.2 Å². The summed E-state index contributed by atoms with van der Waals surface area (Å²) in [4.78, 5) is 15.1. The number of amides is 1. The number of benzene rings is 1. The maximum atomic E-state index is 13.1. The van der Waals surface area contributed by atoms with Gasteiger partial charge in [-0.2, -0.15) is 0 Å². The van der Waals surface area contributed by atoms with Crippen molar-refractivity contribution in [3.8, 4) is 0 Å². The van der Waals surface area contributed by atoms with Crippen molar-refractivity contribution in [2.24, 2.45) is 23.2 Å². The van der Waals surface area contributed by atoms with Gasteiger partial charge in [-0.25, -0.2) is 0 Å². The fraction of sp³-hybridized carbons (Fsp3) is 0.421. The van der Waals surface area contributed by atoms with E-state index >= 15 is 0 Å². The third kappa shape index (κ3) is 1.81. The number of hydrogen-bond acceptors (Lipinski definition) is 1. The zero-order chi connectivity index (χ0) is 14.4. The third-order valence-electron chi connectivity index (χ3n) is 5.61. The SMILES string of the molecule is C[C@@H]1/C=C\[C@@H]2CN(c3ccccc3)C(=O)[C@]23C=C[C@H]1CC3. The van der Waals surface area contributed by atoms with Gasteiger partial charge in [-0.3, -0.25) is 4.79 Å². The van der Waals surface area contributed by atoms with Gasteiger partial charge in [-0.1, -0.05) is 49.4 Å². The van der Waals surface area contributed by atoms with Crippen LogP contribution in [0.2, 0.25) is 0 Å². The standard InChI is InChI=1S/C19H21NO/c1-14-7-8-16-13-20(17-5-3-2-4-6-17)18(21)19(16)11-9-15(14)10-12-19/h2-9,11,14-16H,10,12-13H2,1H3/b8-7-/t14-,15+,16-,19+/m1/s1. The molecular weight excluding hydrogens is 258 g/mol. The molecule has 1 aliphatic heterocycles. The van der Waals surface area contributed by atoms with Crippen molar-refractivity contribution in [1.29, 1.82) is 0 Å². The van der Waals surface area contributed by atoms with Gasteiger partial charge in [0.25, 0.3) is 0 Å². The Morgan fingerprint density at radius 2 is 1.95 bits per heavy atom. The van der Waals surface area contributed by atoms with Crippen LogP contribution in [-0.4, -0.2) is 12.5 Å². The average molecular weight is 279 g/mol. The largest absolute Gasteiger partial charge is 0.311 e. The maximum Gasteiger partial charge on any atom is 0.237 e. The Balaban J connectivity index is 1.76. The molecule has 2 heteroatoms. The smallest absolute Gasteiger partial charge is 0.237 e. The van der Waals surface area contributed by atoms with Crippen molar-refractivity contribution in [3.63, 3.8) is 0 Å². The summed E-state index contributed by atoms with van der Waals surface area (Å²) in [5, 5.41) is 0. The van der Waals surface area contributed by atoms with Crippen LogP contribution in [0.15, 0.2) is 54.6 Å². The Labute approximate surface area is 126 Å². The van der Waals surface area contributed by atoms with E-state index in [1.165, 1.54) is 0 Å². The van der Waals surface area contributed by atoms with Gasteiger partial charge in [0.2, 0.25) is 5.91 Å². The van der Waals surface area contributed by atoms with Crippen LogP contribution in [0.5, 0.6) is 0 Å². The minimum atomic E-state index is -0.289. The molecule has 2 bridgehead atoms. The molecule has 1 aromatic rings. The van der Waals surface area contributed by atoms with Gasteiger partial charge in [0, 0.05) is 18.2 Å². The van der Waals surface area contributed by atoms with Gasteiger partial charge in [-0.05, 0) is 36.8 Å². The molecule has 0 radical (unpaired) electrons. The average Bonchev–Trinajstić information content (AvgIpc) is 2.77. The molecule has 1 heterocycles. The van der Waals surface area contributed by atoms with E-state index in [0.717, 1.165) is 25.1 Å². The molecular formula is C19H21NO. The van der Waals surface area contributed by atoms with Gasteiger partial charge in [-0.15, -0.1) is 0 Å². The Morgan fingerprint density at radius 3 is 2.67 bits per heavy atom. The molecule has 108 valence electrons. The summed E-state index contributed by atoms with van der Waals surface area (Å²) in [5.74, 6) is 1.78. The van der Waals surface area contributed by atoms with Crippen LogP contribution in [0.1, 0.15) is 19.8 Å². The summed E-state index contributed by atoms with van der Waals surface area (Å²) in [6, 6.07) is 10.1. The van der Waals surface area contributed by atoms with Crippen LogP contribution >= 0.6 is 0 Å². The molecule has 5 rings (SSSR count). The van der Waals surface area contributed by atoms with Crippen molar-refractivity contribution >= 4 is 11.6 Å². The van der Waals surface area contributed by atoms with Crippen molar-refractivity contribution in [2.45, 2.75) is 19.8 Å². The summed E-state index contributed by atoms with van der Waals surface area (Å²) in [7, 11) is 0. The lowest BCUT2D eigenvalue weighted by molar-refractivity contribution is -0.124. The highest BCUT2D eigenvalue weighted by Crippen LogP contribution is 2.50. The van der Waals surface area contributed by atoms with E-state index in [9.17, 15) is 4.79 Å². The minimum Gasteiger partial charge on any atom is -0.311 e. The number of rotatable bonds is 1. The molecule has 1 amide bonds. The van der Waals surface area contributed by atoms with Gasteiger partial charge in [0.15, 0.2) is 0 Å². The quantitative estimate of drug-likeness (QED) is 0.716. The van der Waals surface area contributed by atoms with E-state index in [2.05, 4.69) is 31.2 Å². The summed E-state index contributed by atoms with van der Waals surface area (Å²) < 4.78 is 0. The third-order valence-corrected chi connectivity index (χ3v) is 5.61. The molecule has 1 spiro atoms. The van der Waals surface area contributed by atoms with Gasteiger partial charge in [0.1, 0.15) is 0 Å². The lowest BCUT2D eigenvalue weighted by atomic mass is 9.65. The molecule has 21 heavy (non-hydrogen) atoms. The summed E-state index contributed by atoms with van der Waals surface area (Å²) in [6.45, 7) is 3.09. The highest BCUT2D eigenvalue weighted by atomic mass is 16.2. The van der Waals surface area contributed by atoms with Gasteiger partial charge >= 0.3 is 0 Å². The summed E-state index contributed by atoms with van der Waals surface area (Å²) in [6.07, 6.45) is 11.3. The normalized spacial score (nSPS) is 39.0. The Hall–Kier alpha value is -1.83.